The average molecular weight is 270 g/mol. The van der Waals surface area contributed by atoms with Crippen molar-refractivity contribution in [2.24, 2.45) is 0 Å². The molecule has 2 atom stereocenters. The van der Waals surface area contributed by atoms with Crippen LogP contribution in [-0.2, 0) is 0 Å². The lowest BCUT2D eigenvalue weighted by Crippen LogP contribution is -2.13. The molecule has 20 heavy (non-hydrogen) atoms. The number of nitrogens with zero attached hydrogens (tertiary/aromatic N) is 2. The Hall–Kier alpha value is -2.25. The summed E-state index contributed by atoms with van der Waals surface area (Å²) in [5.74, 6) is -1.18. The maximum atomic E-state index is 13.4. The molecule has 0 aliphatic carbocycles. The number of aliphatic hydroxyl groups is 1. The first kappa shape index (κ1) is 14.2. The molecule has 4 heteroatoms. The van der Waals surface area contributed by atoms with Gasteiger partial charge in [-0.2, -0.15) is 5.26 Å². The van der Waals surface area contributed by atoms with Gasteiger partial charge in [0.25, 0.3) is 0 Å². The van der Waals surface area contributed by atoms with Crippen molar-refractivity contribution in [3.05, 3.63) is 65.7 Å². The van der Waals surface area contributed by atoms with Crippen LogP contribution in [0, 0.1) is 17.1 Å². The third kappa shape index (κ3) is 3.19. The van der Waals surface area contributed by atoms with Crippen LogP contribution in [0.2, 0.25) is 0 Å². The molecule has 2 aromatic rings. The smallest absolute Gasteiger partial charge is 0.126 e. The van der Waals surface area contributed by atoms with Crippen molar-refractivity contribution < 1.29 is 9.50 Å². The van der Waals surface area contributed by atoms with E-state index in [9.17, 15) is 14.8 Å². The molecular weight excluding hydrogens is 255 g/mol. The molecule has 102 valence electrons. The van der Waals surface area contributed by atoms with Crippen molar-refractivity contribution in [2.75, 3.05) is 6.61 Å². The maximum Gasteiger partial charge on any atom is 0.126 e. The summed E-state index contributed by atoms with van der Waals surface area (Å²) >= 11 is 0. The largest absolute Gasteiger partial charge is 0.396 e. The van der Waals surface area contributed by atoms with Crippen LogP contribution in [0.3, 0.4) is 0 Å². The van der Waals surface area contributed by atoms with Crippen molar-refractivity contribution >= 4 is 0 Å². The molecule has 0 spiro atoms. The second kappa shape index (κ2) is 6.78. The molecule has 0 fully saturated rings. The predicted octanol–water partition coefficient (Wildman–Crippen LogP) is 2.99. The summed E-state index contributed by atoms with van der Waals surface area (Å²) in [4.78, 5) is 4.15. The van der Waals surface area contributed by atoms with Crippen molar-refractivity contribution in [1.29, 1.82) is 5.26 Å². The molecule has 1 heterocycles. The van der Waals surface area contributed by atoms with Crippen molar-refractivity contribution in [3.63, 3.8) is 0 Å². The summed E-state index contributed by atoms with van der Waals surface area (Å²) in [6.45, 7) is -0.0755. The minimum atomic E-state index is -0.461. The van der Waals surface area contributed by atoms with Crippen LogP contribution in [0.15, 0.2) is 48.7 Å². The van der Waals surface area contributed by atoms with Gasteiger partial charge in [-0.3, -0.25) is 4.98 Å². The lowest BCUT2D eigenvalue weighted by atomic mass is 9.82. The number of hydrogen-bond acceptors (Lipinski definition) is 3. The number of halogens is 1. The van der Waals surface area contributed by atoms with E-state index < -0.39 is 5.92 Å². The number of pyridine rings is 1. The number of rotatable bonds is 5. The molecule has 0 radical (unpaired) electrons. The number of aliphatic hydroxyl groups excluding tert-OH is 1. The molecule has 0 saturated carbocycles. The molecule has 0 unspecified atom stereocenters. The van der Waals surface area contributed by atoms with E-state index in [0.29, 0.717) is 12.1 Å². The second-order valence-corrected chi connectivity index (χ2v) is 4.54. The monoisotopic (exact) mass is 270 g/mol. The topological polar surface area (TPSA) is 56.9 Å². The van der Waals surface area contributed by atoms with Gasteiger partial charge in [-0.15, -0.1) is 0 Å². The molecule has 3 nitrogen and oxygen atoms in total. The van der Waals surface area contributed by atoms with Gasteiger partial charge in [0.15, 0.2) is 0 Å². The zero-order valence-corrected chi connectivity index (χ0v) is 10.9. The van der Waals surface area contributed by atoms with Gasteiger partial charge < -0.3 is 5.11 Å². The Balaban J connectivity index is 2.39. The highest BCUT2D eigenvalue weighted by Crippen LogP contribution is 2.34. The van der Waals surface area contributed by atoms with Gasteiger partial charge >= 0.3 is 0 Å². The highest BCUT2D eigenvalue weighted by atomic mass is 19.1. The maximum absolute atomic E-state index is 13.4. The normalized spacial score (nSPS) is 13.4. The standard InChI is InChI=1S/C16H15FN2O/c17-13-6-8-19-16(10-13)14(7-9-20)15(11-18)12-4-2-1-3-5-12/h1-6,8,10,14-15,20H,7,9H2/t14-,15-/m1/s1. The van der Waals surface area contributed by atoms with Gasteiger partial charge in [0, 0.05) is 24.4 Å². The molecule has 0 amide bonds. The zero-order valence-electron chi connectivity index (χ0n) is 10.9. The van der Waals surface area contributed by atoms with Gasteiger partial charge in [-0.1, -0.05) is 30.3 Å². The van der Waals surface area contributed by atoms with E-state index in [1.807, 2.05) is 30.3 Å². The van der Waals surface area contributed by atoms with Gasteiger partial charge in [-0.25, -0.2) is 4.39 Å². The summed E-state index contributed by atoms with van der Waals surface area (Å²) in [7, 11) is 0. The minimum Gasteiger partial charge on any atom is -0.396 e. The van der Waals surface area contributed by atoms with Crippen LogP contribution in [0.5, 0.6) is 0 Å². The molecule has 1 aromatic carbocycles. The van der Waals surface area contributed by atoms with Crippen LogP contribution in [0.25, 0.3) is 0 Å². The average Bonchev–Trinajstić information content (AvgIpc) is 2.48. The van der Waals surface area contributed by atoms with E-state index in [2.05, 4.69) is 11.1 Å². The third-order valence-electron chi connectivity index (χ3n) is 3.26. The van der Waals surface area contributed by atoms with E-state index in [1.54, 1.807) is 0 Å². The Morgan fingerprint density at radius 2 is 2.00 bits per heavy atom. The number of hydrogen-bond donors (Lipinski definition) is 1. The Morgan fingerprint density at radius 1 is 1.25 bits per heavy atom. The first-order valence-corrected chi connectivity index (χ1v) is 6.43. The van der Waals surface area contributed by atoms with Gasteiger partial charge in [0.05, 0.1) is 12.0 Å². The zero-order chi connectivity index (χ0) is 14.4. The summed E-state index contributed by atoms with van der Waals surface area (Å²) < 4.78 is 13.4. The van der Waals surface area contributed by atoms with E-state index in [-0.39, 0.29) is 18.3 Å². The van der Waals surface area contributed by atoms with E-state index in [1.165, 1.54) is 18.3 Å². The molecule has 0 saturated heterocycles. The third-order valence-corrected chi connectivity index (χ3v) is 3.26. The Kier molecular flexibility index (Phi) is 4.80. The fraction of sp³-hybridized carbons (Fsp3) is 0.250. The Bertz CT molecular complexity index is 595. The van der Waals surface area contributed by atoms with Crippen LogP contribution in [0.1, 0.15) is 29.5 Å². The fourth-order valence-electron chi connectivity index (χ4n) is 2.31. The van der Waals surface area contributed by atoms with Gasteiger partial charge in [0.2, 0.25) is 0 Å². The molecular formula is C16H15FN2O. The van der Waals surface area contributed by atoms with Crippen molar-refractivity contribution in [3.8, 4) is 6.07 Å². The Morgan fingerprint density at radius 3 is 2.60 bits per heavy atom. The molecule has 1 N–H and O–H groups in total. The molecule has 2 rings (SSSR count). The summed E-state index contributed by atoms with van der Waals surface area (Å²) in [5.41, 5.74) is 1.34. The molecule has 1 aromatic heterocycles. The lowest BCUT2D eigenvalue weighted by Gasteiger charge is -2.21. The lowest BCUT2D eigenvalue weighted by molar-refractivity contribution is 0.270. The molecule has 0 bridgehead atoms. The molecule has 0 aliphatic heterocycles. The minimum absolute atomic E-state index is 0.0755. The number of nitriles is 1. The SMILES string of the molecule is N#C[C@H](c1ccccc1)[C@@H](CCO)c1cc(F)ccn1. The van der Waals surface area contributed by atoms with E-state index in [0.717, 1.165) is 5.56 Å². The van der Waals surface area contributed by atoms with Gasteiger partial charge in [-0.05, 0) is 24.1 Å². The van der Waals surface area contributed by atoms with Gasteiger partial charge in [0.1, 0.15) is 5.82 Å². The van der Waals surface area contributed by atoms with Crippen molar-refractivity contribution in [1.82, 2.24) is 4.98 Å². The van der Waals surface area contributed by atoms with Crippen LogP contribution < -0.4 is 0 Å². The summed E-state index contributed by atoms with van der Waals surface area (Å²) in [6.07, 6.45) is 1.75. The van der Waals surface area contributed by atoms with Crippen molar-refractivity contribution in [2.45, 2.75) is 18.3 Å². The predicted molar refractivity (Wildman–Crippen MR) is 73.4 cm³/mol. The Labute approximate surface area is 117 Å². The second-order valence-electron chi connectivity index (χ2n) is 4.54. The quantitative estimate of drug-likeness (QED) is 0.908. The summed E-state index contributed by atoms with van der Waals surface area (Å²) in [5, 5.41) is 18.7. The first-order valence-electron chi connectivity index (χ1n) is 6.43. The highest BCUT2D eigenvalue weighted by Gasteiger charge is 2.25. The van der Waals surface area contributed by atoms with Crippen LogP contribution in [-0.4, -0.2) is 16.7 Å². The fourth-order valence-corrected chi connectivity index (χ4v) is 2.31. The molecule has 0 aliphatic rings. The van der Waals surface area contributed by atoms with Crippen LogP contribution in [0.4, 0.5) is 4.39 Å². The first-order chi connectivity index (χ1) is 9.76. The van der Waals surface area contributed by atoms with E-state index in [4.69, 9.17) is 0 Å². The number of aromatic nitrogens is 1. The van der Waals surface area contributed by atoms with E-state index >= 15 is 0 Å². The highest BCUT2D eigenvalue weighted by molar-refractivity contribution is 5.30. The van der Waals surface area contributed by atoms with Crippen LogP contribution >= 0.6 is 0 Å². The number of benzene rings is 1. The summed E-state index contributed by atoms with van der Waals surface area (Å²) in [6, 6.07) is 14.1.